The predicted molar refractivity (Wildman–Crippen MR) is 176 cm³/mol. The van der Waals surface area contributed by atoms with Crippen molar-refractivity contribution in [2.24, 2.45) is 16.6 Å². The van der Waals surface area contributed by atoms with Crippen molar-refractivity contribution in [2.75, 3.05) is 26.9 Å². The highest BCUT2D eigenvalue weighted by Crippen LogP contribution is 2.36. The lowest BCUT2D eigenvalue weighted by molar-refractivity contribution is -0.131. The lowest BCUT2D eigenvalue weighted by Crippen LogP contribution is -2.58. The number of rotatable bonds is 3. The van der Waals surface area contributed by atoms with E-state index in [9.17, 15) is 22.8 Å². The van der Waals surface area contributed by atoms with E-state index in [2.05, 4.69) is 23.5 Å². The zero-order valence-corrected chi connectivity index (χ0v) is 28.1. The monoisotopic (exact) mass is 662 g/mol. The van der Waals surface area contributed by atoms with Crippen LogP contribution in [0.25, 0.3) is 0 Å². The fourth-order valence-corrected chi connectivity index (χ4v) is 6.25. The molecule has 2 amide bonds. The van der Waals surface area contributed by atoms with Gasteiger partial charge in [-0.15, -0.1) is 0 Å². The Bertz CT molecular complexity index is 1340. The second-order valence-corrected chi connectivity index (χ2v) is 11.6. The van der Waals surface area contributed by atoms with E-state index in [-0.39, 0.29) is 41.8 Å². The van der Waals surface area contributed by atoms with Crippen LogP contribution in [0, 0.1) is 5.92 Å². The summed E-state index contributed by atoms with van der Waals surface area (Å²) in [6.45, 7) is 5.50. The highest BCUT2D eigenvalue weighted by atomic mass is 19.4. The van der Waals surface area contributed by atoms with Crippen LogP contribution in [0.1, 0.15) is 83.4 Å². The molecule has 1 aromatic rings. The normalized spacial score (nSPS) is 27.6. The van der Waals surface area contributed by atoms with Crippen molar-refractivity contribution < 1.29 is 37.0 Å². The van der Waals surface area contributed by atoms with Crippen molar-refractivity contribution in [3.05, 3.63) is 64.5 Å². The third-order valence-electron chi connectivity index (χ3n) is 8.34. The molecule has 4 atom stereocenters. The van der Waals surface area contributed by atoms with Crippen molar-refractivity contribution >= 4 is 17.8 Å². The van der Waals surface area contributed by atoms with Gasteiger partial charge in [-0.25, -0.2) is 4.99 Å². The number of aryl methyl sites for hydroxylation is 1. The molecule has 1 aromatic carbocycles. The lowest BCUT2D eigenvalue weighted by atomic mass is 9.86. The molecule has 0 saturated carbocycles. The fourth-order valence-electron chi connectivity index (χ4n) is 6.25. The summed E-state index contributed by atoms with van der Waals surface area (Å²) in [5.41, 5.74) is 10.2. The second kappa shape index (κ2) is 18.5. The number of guanidine groups is 1. The van der Waals surface area contributed by atoms with Gasteiger partial charge in [0.2, 0.25) is 11.8 Å². The SMILES string of the molecule is CC.CC/C=C1/C2=C\C=C(/C)C(=O)NC3CCOc4ccc(cc43)CCCCC3CC(=O)N(C(N)=N3)C1C(COC)CO2.FC(F)F. The number of carbonyl (C=O) groups excluding carboxylic acids is 2. The molecule has 0 spiro atoms. The summed E-state index contributed by atoms with van der Waals surface area (Å²) in [4.78, 5) is 33.4. The van der Waals surface area contributed by atoms with Crippen molar-refractivity contribution in [3.63, 3.8) is 0 Å². The number of nitrogens with zero attached hydrogens (tertiary/aromatic N) is 2. The van der Waals surface area contributed by atoms with Crippen molar-refractivity contribution in [1.82, 2.24) is 10.2 Å². The van der Waals surface area contributed by atoms with E-state index >= 15 is 0 Å². The number of hydrogen-bond donors (Lipinski definition) is 2. The number of benzene rings is 1. The Hall–Kier alpha value is -3.80. The molecule has 9 nitrogen and oxygen atoms in total. The molecule has 0 aromatic heterocycles. The Kier molecular flexibility index (Phi) is 14.8. The Balaban J connectivity index is 0.000000930. The smallest absolute Gasteiger partial charge is 0.379 e. The van der Waals surface area contributed by atoms with Crippen molar-refractivity contribution in [3.8, 4) is 5.75 Å². The Morgan fingerprint density at radius 2 is 1.89 bits per heavy atom. The van der Waals surface area contributed by atoms with Gasteiger partial charge in [0.15, 0.2) is 5.96 Å². The number of halogens is 3. The number of nitrogens with one attached hydrogen (secondary N) is 1. The topological polar surface area (TPSA) is 115 Å². The summed E-state index contributed by atoms with van der Waals surface area (Å²) in [7, 11) is 1.65. The highest BCUT2D eigenvalue weighted by molar-refractivity contribution is 5.99. The zero-order chi connectivity index (χ0) is 34.5. The molecule has 0 radical (unpaired) electrons. The van der Waals surface area contributed by atoms with Crippen LogP contribution in [0.2, 0.25) is 0 Å². The van der Waals surface area contributed by atoms with Gasteiger partial charge < -0.3 is 25.3 Å². The number of amides is 2. The number of fused-ring (bicyclic) bond motifs is 7. The fraction of sp³-hybridized carbons (Fsp3) is 0.571. The van der Waals surface area contributed by atoms with Gasteiger partial charge in [-0.1, -0.05) is 51.5 Å². The molecule has 3 N–H and O–H groups in total. The molecule has 1 saturated heterocycles. The minimum atomic E-state index is -3.67. The summed E-state index contributed by atoms with van der Waals surface area (Å²) < 4.78 is 46.6. The molecule has 5 heterocycles. The van der Waals surface area contributed by atoms with E-state index < -0.39 is 6.68 Å². The van der Waals surface area contributed by atoms with Crippen LogP contribution in [0.15, 0.2) is 58.3 Å². The Morgan fingerprint density at radius 3 is 2.57 bits per heavy atom. The average molecular weight is 663 g/mol. The van der Waals surface area contributed by atoms with Gasteiger partial charge in [-0.2, -0.15) is 13.2 Å². The minimum Gasteiger partial charge on any atom is -0.493 e. The molecular weight excluding hydrogens is 613 g/mol. The molecule has 260 valence electrons. The molecule has 5 aliphatic heterocycles. The average Bonchev–Trinajstić information content (AvgIpc) is 3.04. The predicted octanol–water partition coefficient (Wildman–Crippen LogP) is 6.30. The molecular formula is C35H49F3N4O5. The molecule has 0 aliphatic carbocycles. The van der Waals surface area contributed by atoms with Gasteiger partial charge in [-0.3, -0.25) is 14.5 Å². The molecule has 12 heteroatoms. The number of hydrogen-bond acceptors (Lipinski definition) is 7. The largest absolute Gasteiger partial charge is 0.493 e. The standard InChI is InChI=1S/C32H42N4O5.C2H6.CHF3/c1-4-7-24-27-12-10-20(2)31(38)35-26-14-15-40-28-13-11-21(16-25(26)28)8-5-6-9-23-17-29(37)36(32(33)34-23)30(24)22(18-39-3)19-41-27;1-2;2-1(3)4/h7,10-13,16,22-23,26,30H,4-6,8-9,14-15,17-19H2,1-3H3,(H2,33,34)(H,35,38);1-2H3;1H/b20-10+,24-7-,27-12+;;. The van der Waals surface area contributed by atoms with E-state index in [4.69, 9.17) is 24.9 Å². The first-order valence-corrected chi connectivity index (χ1v) is 16.5. The van der Waals surface area contributed by atoms with Crippen LogP contribution in [-0.2, 0) is 25.5 Å². The van der Waals surface area contributed by atoms with E-state index in [0.29, 0.717) is 37.6 Å². The first kappa shape index (κ1) is 37.7. The van der Waals surface area contributed by atoms with Crippen LogP contribution in [-0.4, -0.2) is 68.4 Å². The van der Waals surface area contributed by atoms with E-state index in [1.165, 1.54) is 5.56 Å². The number of nitrogens with two attached hydrogens (primary N) is 1. The van der Waals surface area contributed by atoms with Crippen LogP contribution >= 0.6 is 0 Å². The summed E-state index contributed by atoms with van der Waals surface area (Å²) in [6, 6.07) is 5.66. The summed E-state index contributed by atoms with van der Waals surface area (Å²) >= 11 is 0. The van der Waals surface area contributed by atoms with Gasteiger partial charge in [-0.05, 0) is 50.3 Å². The maximum Gasteiger partial charge on any atom is 0.379 e. The summed E-state index contributed by atoms with van der Waals surface area (Å²) in [5, 5.41) is 3.22. The number of allylic oxidation sites excluding steroid dienone is 3. The number of ether oxygens (including phenoxy) is 3. The first-order chi connectivity index (χ1) is 22.6. The molecule has 4 unspecified atom stereocenters. The molecule has 6 rings (SSSR count). The second-order valence-electron chi connectivity index (χ2n) is 11.6. The third kappa shape index (κ3) is 10.1. The van der Waals surface area contributed by atoms with Crippen LogP contribution in [0.5, 0.6) is 5.75 Å². The van der Waals surface area contributed by atoms with Crippen LogP contribution in [0.4, 0.5) is 13.2 Å². The maximum absolute atomic E-state index is 13.6. The van der Waals surface area contributed by atoms with Crippen LogP contribution < -0.4 is 15.8 Å². The maximum atomic E-state index is 13.6. The van der Waals surface area contributed by atoms with Gasteiger partial charge in [0.25, 0.3) is 0 Å². The highest BCUT2D eigenvalue weighted by Gasteiger charge is 2.43. The molecule has 47 heavy (non-hydrogen) atoms. The minimum absolute atomic E-state index is 0.0295. The van der Waals surface area contributed by atoms with Gasteiger partial charge in [0.05, 0.1) is 37.9 Å². The Morgan fingerprint density at radius 1 is 1.15 bits per heavy atom. The van der Waals surface area contributed by atoms with Crippen molar-refractivity contribution in [1.29, 1.82) is 0 Å². The molecule has 6 bridgehead atoms. The number of methoxy groups -OCH3 is 1. The van der Waals surface area contributed by atoms with Crippen molar-refractivity contribution in [2.45, 2.75) is 97.4 Å². The molecule has 1 fully saturated rings. The number of alkyl halides is 3. The number of aliphatic imine (C=N–C) groups is 1. The lowest BCUT2D eigenvalue weighted by Gasteiger charge is -2.43. The van der Waals surface area contributed by atoms with Gasteiger partial charge >= 0.3 is 6.68 Å². The van der Waals surface area contributed by atoms with E-state index in [0.717, 1.165) is 55.4 Å². The van der Waals surface area contributed by atoms with Gasteiger partial charge in [0.1, 0.15) is 11.5 Å². The molecule has 5 aliphatic rings. The summed E-state index contributed by atoms with van der Waals surface area (Å²) in [5.74, 6) is 1.41. The Labute approximate surface area is 276 Å². The van der Waals surface area contributed by atoms with E-state index in [1.54, 1.807) is 25.0 Å². The van der Waals surface area contributed by atoms with Crippen LogP contribution in [0.3, 0.4) is 0 Å². The van der Waals surface area contributed by atoms with E-state index in [1.807, 2.05) is 32.9 Å². The zero-order valence-electron chi connectivity index (χ0n) is 28.1. The third-order valence-corrected chi connectivity index (χ3v) is 8.34. The quantitative estimate of drug-likeness (QED) is 0.393. The first-order valence-electron chi connectivity index (χ1n) is 16.5. The summed E-state index contributed by atoms with van der Waals surface area (Å²) in [6.07, 6.45) is 11.1. The van der Waals surface area contributed by atoms with Gasteiger partial charge in [0, 0.05) is 42.6 Å². The number of carbonyl (C=O) groups is 2.